The van der Waals surface area contributed by atoms with Crippen molar-refractivity contribution in [1.29, 1.82) is 5.26 Å². The zero-order valence-electron chi connectivity index (χ0n) is 9.05. The number of ether oxygens (including phenoxy) is 1. The van der Waals surface area contributed by atoms with E-state index in [4.69, 9.17) is 10.00 Å². The first kappa shape index (κ1) is 12.5. The zero-order valence-corrected chi connectivity index (χ0v) is 10.7. The molecule has 0 radical (unpaired) electrons. The predicted molar refractivity (Wildman–Crippen MR) is 63.2 cm³/mol. The third kappa shape index (κ3) is 3.04. The molecule has 1 N–H and O–H groups in total. The highest BCUT2D eigenvalue weighted by Gasteiger charge is 2.21. The van der Waals surface area contributed by atoms with Gasteiger partial charge in [-0.3, -0.25) is 0 Å². The normalized spacial score (nSPS) is 20.3. The summed E-state index contributed by atoms with van der Waals surface area (Å²) >= 11 is 0.970. The Labute approximate surface area is 104 Å². The summed E-state index contributed by atoms with van der Waals surface area (Å²) in [5.74, 6) is 0. The van der Waals surface area contributed by atoms with E-state index < -0.39 is 10.0 Å². The van der Waals surface area contributed by atoms with Crippen LogP contribution in [0.5, 0.6) is 0 Å². The number of hydrogen-bond donors (Lipinski definition) is 1. The molecule has 5 nitrogen and oxygen atoms in total. The van der Waals surface area contributed by atoms with Crippen LogP contribution in [0.15, 0.2) is 16.3 Å². The third-order valence-corrected chi connectivity index (χ3v) is 5.39. The van der Waals surface area contributed by atoms with Crippen LogP contribution < -0.4 is 4.72 Å². The van der Waals surface area contributed by atoms with Crippen LogP contribution in [0, 0.1) is 11.3 Å². The second-order valence-electron chi connectivity index (χ2n) is 3.72. The number of thiophene rings is 1. The van der Waals surface area contributed by atoms with Gasteiger partial charge >= 0.3 is 0 Å². The van der Waals surface area contributed by atoms with Gasteiger partial charge < -0.3 is 4.74 Å². The molecule has 1 aromatic heterocycles. The van der Waals surface area contributed by atoms with Crippen molar-refractivity contribution in [2.75, 3.05) is 13.2 Å². The van der Waals surface area contributed by atoms with Gasteiger partial charge in [0.15, 0.2) is 0 Å². The highest BCUT2D eigenvalue weighted by molar-refractivity contribution is 7.91. The molecule has 0 spiro atoms. The molecule has 1 aliphatic rings. The Morgan fingerprint density at radius 3 is 3.00 bits per heavy atom. The lowest BCUT2D eigenvalue weighted by atomic mass is 10.2. The number of nitrogens with one attached hydrogen (secondary N) is 1. The van der Waals surface area contributed by atoms with Gasteiger partial charge in [0.05, 0.1) is 6.10 Å². The van der Waals surface area contributed by atoms with Gasteiger partial charge in [0, 0.05) is 13.2 Å². The Morgan fingerprint density at radius 2 is 2.41 bits per heavy atom. The zero-order chi connectivity index (χ0) is 12.3. The molecule has 0 bridgehead atoms. The molecular weight excluding hydrogens is 260 g/mol. The van der Waals surface area contributed by atoms with Crippen molar-refractivity contribution in [2.24, 2.45) is 0 Å². The molecular formula is C10H12N2O3S2. The molecule has 2 heterocycles. The Bertz CT molecular complexity index is 524. The average Bonchev–Trinajstić information content (AvgIpc) is 2.98. The summed E-state index contributed by atoms with van der Waals surface area (Å²) in [6.45, 7) is 0.992. The van der Waals surface area contributed by atoms with E-state index in [0.717, 1.165) is 24.2 Å². The summed E-state index contributed by atoms with van der Waals surface area (Å²) in [4.78, 5) is 0.391. The summed E-state index contributed by atoms with van der Waals surface area (Å²) in [5, 5.41) is 8.64. The number of nitrogens with zero attached hydrogens (tertiary/aromatic N) is 1. The van der Waals surface area contributed by atoms with Crippen LogP contribution in [-0.2, 0) is 14.8 Å². The van der Waals surface area contributed by atoms with E-state index in [-0.39, 0.29) is 10.3 Å². The highest BCUT2D eigenvalue weighted by atomic mass is 32.2. The Kier molecular flexibility index (Phi) is 3.79. The molecule has 2 rings (SSSR count). The minimum absolute atomic E-state index is 0.0276. The number of hydrogen-bond acceptors (Lipinski definition) is 5. The first-order valence-corrected chi connectivity index (χ1v) is 7.53. The standard InChI is InChI=1S/C10H12N2O3S2/c11-6-9-3-4-10(16-9)17(13,14)12-7-8-2-1-5-15-8/h3-4,8,12H,1-2,5,7H2. The van der Waals surface area contributed by atoms with Crippen LogP contribution in [-0.4, -0.2) is 27.7 Å². The summed E-state index contributed by atoms with van der Waals surface area (Å²) in [5.41, 5.74) is 0. The van der Waals surface area contributed by atoms with Crippen molar-refractivity contribution in [3.8, 4) is 6.07 Å². The monoisotopic (exact) mass is 272 g/mol. The largest absolute Gasteiger partial charge is 0.377 e. The smallest absolute Gasteiger partial charge is 0.250 e. The molecule has 0 amide bonds. The molecule has 1 unspecified atom stereocenters. The average molecular weight is 272 g/mol. The van der Waals surface area contributed by atoms with Crippen LogP contribution in [0.4, 0.5) is 0 Å². The van der Waals surface area contributed by atoms with Gasteiger partial charge in [-0.15, -0.1) is 11.3 Å². The van der Waals surface area contributed by atoms with Gasteiger partial charge in [-0.25, -0.2) is 13.1 Å². The van der Waals surface area contributed by atoms with Crippen LogP contribution >= 0.6 is 11.3 Å². The van der Waals surface area contributed by atoms with Gasteiger partial charge in [-0.1, -0.05) is 0 Å². The first-order valence-electron chi connectivity index (χ1n) is 5.23. The van der Waals surface area contributed by atoms with E-state index in [1.807, 2.05) is 6.07 Å². The van der Waals surface area contributed by atoms with Crippen LogP contribution in [0.2, 0.25) is 0 Å². The highest BCUT2D eigenvalue weighted by Crippen LogP contribution is 2.21. The second kappa shape index (κ2) is 5.14. The number of sulfonamides is 1. The molecule has 0 saturated carbocycles. The molecule has 7 heteroatoms. The van der Waals surface area contributed by atoms with Crippen molar-refractivity contribution in [3.05, 3.63) is 17.0 Å². The van der Waals surface area contributed by atoms with Crippen molar-refractivity contribution >= 4 is 21.4 Å². The number of rotatable bonds is 4. The van der Waals surface area contributed by atoms with E-state index in [9.17, 15) is 8.42 Å². The Balaban J connectivity index is 2.00. The fourth-order valence-electron chi connectivity index (χ4n) is 1.60. The van der Waals surface area contributed by atoms with Crippen LogP contribution in [0.1, 0.15) is 17.7 Å². The summed E-state index contributed by atoms with van der Waals surface area (Å²) < 4.78 is 31.7. The van der Waals surface area contributed by atoms with E-state index in [1.165, 1.54) is 12.1 Å². The van der Waals surface area contributed by atoms with E-state index in [2.05, 4.69) is 4.72 Å². The van der Waals surface area contributed by atoms with E-state index >= 15 is 0 Å². The second-order valence-corrected chi connectivity index (χ2v) is 6.79. The predicted octanol–water partition coefficient (Wildman–Crippen LogP) is 1.08. The van der Waals surface area contributed by atoms with Crippen molar-refractivity contribution in [1.82, 2.24) is 4.72 Å². The molecule has 1 aliphatic heterocycles. The lowest BCUT2D eigenvalue weighted by Gasteiger charge is -2.09. The summed E-state index contributed by atoms with van der Waals surface area (Å²) in [7, 11) is -3.50. The van der Waals surface area contributed by atoms with Crippen molar-refractivity contribution in [2.45, 2.75) is 23.2 Å². The molecule has 1 atom stereocenters. The quantitative estimate of drug-likeness (QED) is 0.889. The fraction of sp³-hybridized carbons (Fsp3) is 0.500. The van der Waals surface area contributed by atoms with E-state index in [0.29, 0.717) is 18.0 Å². The van der Waals surface area contributed by atoms with Gasteiger partial charge in [0.25, 0.3) is 0 Å². The Hall–Kier alpha value is -0.940. The maximum absolute atomic E-state index is 11.9. The first-order chi connectivity index (χ1) is 8.12. The van der Waals surface area contributed by atoms with E-state index in [1.54, 1.807) is 0 Å². The van der Waals surface area contributed by atoms with Crippen LogP contribution in [0.3, 0.4) is 0 Å². The summed E-state index contributed by atoms with van der Waals surface area (Å²) in [6, 6.07) is 4.87. The lowest BCUT2D eigenvalue weighted by molar-refractivity contribution is 0.114. The van der Waals surface area contributed by atoms with Gasteiger partial charge in [0.1, 0.15) is 15.2 Å². The van der Waals surface area contributed by atoms with Gasteiger partial charge in [-0.2, -0.15) is 5.26 Å². The van der Waals surface area contributed by atoms with Crippen molar-refractivity contribution in [3.63, 3.8) is 0 Å². The molecule has 17 heavy (non-hydrogen) atoms. The van der Waals surface area contributed by atoms with Crippen LogP contribution in [0.25, 0.3) is 0 Å². The molecule has 1 saturated heterocycles. The molecule has 0 aliphatic carbocycles. The minimum atomic E-state index is -3.50. The third-order valence-electron chi connectivity index (χ3n) is 2.48. The number of nitriles is 1. The Morgan fingerprint density at radius 1 is 1.59 bits per heavy atom. The van der Waals surface area contributed by atoms with Crippen molar-refractivity contribution < 1.29 is 13.2 Å². The maximum Gasteiger partial charge on any atom is 0.250 e. The lowest BCUT2D eigenvalue weighted by Crippen LogP contribution is -2.31. The summed E-state index contributed by atoms with van der Waals surface area (Å²) in [6.07, 6.45) is 1.83. The minimum Gasteiger partial charge on any atom is -0.377 e. The topological polar surface area (TPSA) is 79.2 Å². The SMILES string of the molecule is N#Cc1ccc(S(=O)(=O)NCC2CCCO2)s1. The fourth-order valence-corrected chi connectivity index (χ4v) is 3.82. The molecule has 1 fully saturated rings. The maximum atomic E-state index is 11.9. The molecule has 0 aromatic carbocycles. The van der Waals surface area contributed by atoms with Gasteiger partial charge in [0.2, 0.25) is 10.0 Å². The molecule has 92 valence electrons. The van der Waals surface area contributed by atoms with Gasteiger partial charge in [-0.05, 0) is 25.0 Å². The molecule has 1 aromatic rings.